The SMILES string of the molecule is Cn1cc(Nc2ccc(CN)cn2)cn1. The number of anilines is 2. The Kier molecular flexibility index (Phi) is 2.64. The van der Waals surface area contributed by atoms with Gasteiger partial charge in [0.1, 0.15) is 5.82 Å². The molecule has 0 saturated heterocycles. The lowest BCUT2D eigenvalue weighted by molar-refractivity contribution is 0.768. The van der Waals surface area contributed by atoms with Gasteiger partial charge in [-0.15, -0.1) is 0 Å². The molecule has 78 valence electrons. The van der Waals surface area contributed by atoms with Crippen molar-refractivity contribution in [3.63, 3.8) is 0 Å². The second-order valence-corrected chi connectivity index (χ2v) is 3.28. The fourth-order valence-corrected chi connectivity index (χ4v) is 1.25. The molecule has 0 aliphatic heterocycles. The highest BCUT2D eigenvalue weighted by Gasteiger charge is 1.97. The maximum atomic E-state index is 5.48. The van der Waals surface area contributed by atoms with Gasteiger partial charge < -0.3 is 11.1 Å². The Morgan fingerprint density at radius 1 is 1.40 bits per heavy atom. The van der Waals surface area contributed by atoms with E-state index in [1.807, 2.05) is 25.4 Å². The Morgan fingerprint density at radius 3 is 2.80 bits per heavy atom. The third kappa shape index (κ3) is 2.32. The van der Waals surface area contributed by atoms with Crippen molar-refractivity contribution in [1.29, 1.82) is 0 Å². The van der Waals surface area contributed by atoms with E-state index in [9.17, 15) is 0 Å². The maximum Gasteiger partial charge on any atom is 0.130 e. The number of hydrogen-bond acceptors (Lipinski definition) is 4. The lowest BCUT2D eigenvalue weighted by atomic mass is 10.3. The number of nitrogens with two attached hydrogens (primary N) is 1. The number of hydrogen-bond donors (Lipinski definition) is 2. The molecule has 0 aliphatic carbocycles. The van der Waals surface area contributed by atoms with Gasteiger partial charge >= 0.3 is 0 Å². The average molecular weight is 203 g/mol. The van der Waals surface area contributed by atoms with Crippen LogP contribution in [0.1, 0.15) is 5.56 Å². The van der Waals surface area contributed by atoms with Crippen molar-refractivity contribution < 1.29 is 0 Å². The first-order valence-electron chi connectivity index (χ1n) is 4.68. The zero-order chi connectivity index (χ0) is 10.7. The highest BCUT2D eigenvalue weighted by molar-refractivity contribution is 5.53. The van der Waals surface area contributed by atoms with E-state index in [-0.39, 0.29) is 0 Å². The van der Waals surface area contributed by atoms with E-state index in [0.29, 0.717) is 6.54 Å². The molecule has 0 spiro atoms. The van der Waals surface area contributed by atoms with E-state index in [0.717, 1.165) is 17.1 Å². The molecule has 3 N–H and O–H groups in total. The van der Waals surface area contributed by atoms with Gasteiger partial charge in [-0.25, -0.2) is 4.98 Å². The number of nitrogens with zero attached hydrogens (tertiary/aromatic N) is 3. The summed E-state index contributed by atoms with van der Waals surface area (Å²) in [6.07, 6.45) is 5.40. The van der Waals surface area contributed by atoms with Crippen LogP contribution in [0.5, 0.6) is 0 Å². The zero-order valence-corrected chi connectivity index (χ0v) is 8.51. The molecule has 5 heteroatoms. The highest BCUT2D eigenvalue weighted by Crippen LogP contribution is 2.12. The Bertz CT molecular complexity index is 431. The summed E-state index contributed by atoms with van der Waals surface area (Å²) in [5.74, 6) is 0.792. The van der Waals surface area contributed by atoms with Crippen LogP contribution in [0, 0.1) is 0 Å². The van der Waals surface area contributed by atoms with Crippen LogP contribution in [0.25, 0.3) is 0 Å². The number of nitrogens with one attached hydrogen (secondary N) is 1. The van der Waals surface area contributed by atoms with Gasteiger partial charge in [-0.2, -0.15) is 5.10 Å². The minimum absolute atomic E-state index is 0.514. The minimum atomic E-state index is 0.514. The lowest BCUT2D eigenvalue weighted by Crippen LogP contribution is -1.98. The molecule has 0 bridgehead atoms. The van der Waals surface area contributed by atoms with Crippen molar-refractivity contribution in [3.8, 4) is 0 Å². The van der Waals surface area contributed by atoms with Crippen LogP contribution in [-0.4, -0.2) is 14.8 Å². The predicted molar refractivity (Wildman–Crippen MR) is 58.6 cm³/mol. The zero-order valence-electron chi connectivity index (χ0n) is 8.51. The summed E-state index contributed by atoms with van der Waals surface area (Å²) in [7, 11) is 1.87. The van der Waals surface area contributed by atoms with Crippen LogP contribution in [0.15, 0.2) is 30.7 Å². The van der Waals surface area contributed by atoms with Gasteiger partial charge in [0.05, 0.1) is 11.9 Å². The van der Waals surface area contributed by atoms with E-state index in [1.165, 1.54) is 0 Å². The van der Waals surface area contributed by atoms with E-state index in [1.54, 1.807) is 17.1 Å². The van der Waals surface area contributed by atoms with Gasteiger partial charge in [-0.05, 0) is 11.6 Å². The predicted octanol–water partition coefficient (Wildman–Crippen LogP) is 1.02. The molecule has 0 amide bonds. The first-order valence-corrected chi connectivity index (χ1v) is 4.68. The van der Waals surface area contributed by atoms with Crippen molar-refractivity contribution in [2.75, 3.05) is 5.32 Å². The van der Waals surface area contributed by atoms with Crippen molar-refractivity contribution in [2.24, 2.45) is 12.8 Å². The minimum Gasteiger partial charge on any atom is -0.338 e. The van der Waals surface area contributed by atoms with E-state index < -0.39 is 0 Å². The molecule has 0 unspecified atom stereocenters. The molecule has 0 fully saturated rings. The monoisotopic (exact) mass is 203 g/mol. The van der Waals surface area contributed by atoms with Crippen LogP contribution in [-0.2, 0) is 13.6 Å². The fraction of sp³-hybridized carbons (Fsp3) is 0.200. The molecular weight excluding hydrogens is 190 g/mol. The Balaban J connectivity index is 2.11. The number of aryl methyl sites for hydroxylation is 1. The fourth-order valence-electron chi connectivity index (χ4n) is 1.25. The summed E-state index contributed by atoms with van der Waals surface area (Å²) in [4.78, 5) is 4.23. The first-order chi connectivity index (χ1) is 7.28. The maximum absolute atomic E-state index is 5.48. The molecule has 5 nitrogen and oxygen atoms in total. The lowest BCUT2D eigenvalue weighted by Gasteiger charge is -2.02. The van der Waals surface area contributed by atoms with Gasteiger partial charge in [0, 0.05) is 26.0 Å². The topological polar surface area (TPSA) is 68.8 Å². The second kappa shape index (κ2) is 4.10. The Morgan fingerprint density at radius 2 is 2.27 bits per heavy atom. The van der Waals surface area contributed by atoms with E-state index in [2.05, 4.69) is 15.4 Å². The molecule has 2 aromatic heterocycles. The van der Waals surface area contributed by atoms with Crippen LogP contribution >= 0.6 is 0 Å². The molecular formula is C10H13N5. The standard InChI is InChI=1S/C10H13N5/c1-15-7-9(6-13-15)14-10-3-2-8(4-11)5-12-10/h2-3,5-7H,4,11H2,1H3,(H,12,14). The van der Waals surface area contributed by atoms with Crippen molar-refractivity contribution in [1.82, 2.24) is 14.8 Å². The molecule has 0 saturated carbocycles. The van der Waals surface area contributed by atoms with Gasteiger partial charge in [-0.1, -0.05) is 6.07 Å². The van der Waals surface area contributed by atoms with Crippen LogP contribution < -0.4 is 11.1 Å². The largest absolute Gasteiger partial charge is 0.338 e. The molecule has 0 aliphatic rings. The summed E-state index contributed by atoms with van der Waals surface area (Å²) in [5, 5.41) is 7.19. The first kappa shape index (κ1) is 9.67. The molecule has 0 atom stereocenters. The normalized spacial score (nSPS) is 10.3. The Labute approximate surface area is 87.9 Å². The summed E-state index contributed by atoms with van der Waals surface area (Å²) in [5.41, 5.74) is 7.42. The van der Waals surface area contributed by atoms with Gasteiger partial charge in [0.15, 0.2) is 0 Å². The van der Waals surface area contributed by atoms with Crippen LogP contribution in [0.2, 0.25) is 0 Å². The average Bonchev–Trinajstić information content (AvgIpc) is 2.65. The third-order valence-corrected chi connectivity index (χ3v) is 2.04. The summed E-state index contributed by atoms with van der Waals surface area (Å²) in [6.45, 7) is 0.514. The summed E-state index contributed by atoms with van der Waals surface area (Å²) >= 11 is 0. The number of pyridine rings is 1. The van der Waals surface area contributed by atoms with Crippen molar-refractivity contribution in [2.45, 2.75) is 6.54 Å². The number of aromatic nitrogens is 3. The van der Waals surface area contributed by atoms with Gasteiger partial charge in [0.2, 0.25) is 0 Å². The molecule has 15 heavy (non-hydrogen) atoms. The molecule has 2 rings (SSSR count). The molecule has 0 aromatic carbocycles. The molecule has 2 heterocycles. The van der Waals surface area contributed by atoms with E-state index >= 15 is 0 Å². The van der Waals surface area contributed by atoms with Crippen molar-refractivity contribution in [3.05, 3.63) is 36.3 Å². The Hall–Kier alpha value is -1.88. The third-order valence-electron chi connectivity index (χ3n) is 2.04. The quantitative estimate of drug-likeness (QED) is 0.781. The van der Waals surface area contributed by atoms with Gasteiger partial charge in [0.25, 0.3) is 0 Å². The van der Waals surface area contributed by atoms with Crippen molar-refractivity contribution >= 4 is 11.5 Å². The van der Waals surface area contributed by atoms with Crippen LogP contribution in [0.3, 0.4) is 0 Å². The second-order valence-electron chi connectivity index (χ2n) is 3.28. The van der Waals surface area contributed by atoms with E-state index in [4.69, 9.17) is 5.73 Å². The van der Waals surface area contributed by atoms with Crippen LogP contribution in [0.4, 0.5) is 11.5 Å². The smallest absolute Gasteiger partial charge is 0.130 e. The highest BCUT2D eigenvalue weighted by atomic mass is 15.3. The number of rotatable bonds is 3. The van der Waals surface area contributed by atoms with Gasteiger partial charge in [-0.3, -0.25) is 4.68 Å². The molecule has 0 radical (unpaired) electrons. The summed E-state index contributed by atoms with van der Waals surface area (Å²) in [6, 6.07) is 3.85. The molecule has 2 aromatic rings. The summed E-state index contributed by atoms with van der Waals surface area (Å²) < 4.78 is 1.73.